The molecule has 0 aliphatic carbocycles. The normalized spacial score (nSPS) is 18.0. The molecule has 1 saturated heterocycles. The predicted molar refractivity (Wildman–Crippen MR) is 78.1 cm³/mol. The Kier molecular flexibility index (Phi) is 5.91. The Labute approximate surface area is 124 Å². The molecule has 1 aliphatic heterocycles. The fraction of sp³-hybridized carbons (Fsp3) is 0.571. The molecule has 4 N–H and O–H groups in total. The fourth-order valence-corrected chi connectivity index (χ4v) is 2.48. The molecule has 0 amide bonds. The van der Waals surface area contributed by atoms with Crippen LogP contribution in [0.25, 0.3) is 0 Å². The topological polar surface area (TPSA) is 104 Å². The van der Waals surface area contributed by atoms with Crippen molar-refractivity contribution in [1.82, 2.24) is 9.88 Å². The van der Waals surface area contributed by atoms with Crippen LogP contribution in [0.2, 0.25) is 0 Å². The molecule has 0 atom stereocenters. The molecule has 1 fully saturated rings. The minimum Gasteiger partial charge on any atom is -0.409 e. The lowest BCUT2D eigenvalue weighted by atomic mass is 10.1. The van der Waals surface area contributed by atoms with Crippen LogP contribution >= 0.6 is 0 Å². The largest absolute Gasteiger partial charge is 0.409 e. The number of aromatic nitrogens is 1. The number of nitrogens with zero attached hydrogens (tertiary/aromatic N) is 3. The number of piperidine rings is 1. The zero-order chi connectivity index (χ0) is 15.1. The molecule has 0 radical (unpaired) electrons. The highest BCUT2D eigenvalue weighted by Crippen LogP contribution is 2.16. The smallest absolute Gasteiger partial charge is 0.188 e. The first-order chi connectivity index (χ1) is 10.2. The van der Waals surface area contributed by atoms with Gasteiger partial charge in [-0.1, -0.05) is 5.16 Å². The Morgan fingerprint density at radius 1 is 1.48 bits per heavy atom. The number of rotatable bonds is 6. The average molecular weight is 294 g/mol. The maximum absolute atomic E-state index is 8.76. The molecule has 116 valence electrons. The van der Waals surface area contributed by atoms with Crippen molar-refractivity contribution in [2.45, 2.75) is 25.5 Å². The number of amidine groups is 1. The number of aliphatic hydroxyl groups excluding tert-OH is 1. The van der Waals surface area contributed by atoms with Gasteiger partial charge in [-0.05, 0) is 30.5 Å². The van der Waals surface area contributed by atoms with E-state index in [-0.39, 0.29) is 18.5 Å². The third kappa shape index (κ3) is 4.66. The summed E-state index contributed by atoms with van der Waals surface area (Å²) in [5.41, 5.74) is 7.12. The molecule has 0 aromatic carbocycles. The van der Waals surface area contributed by atoms with Gasteiger partial charge < -0.3 is 20.8 Å². The summed E-state index contributed by atoms with van der Waals surface area (Å²) in [7, 11) is 0. The zero-order valence-corrected chi connectivity index (χ0v) is 12.0. The van der Waals surface area contributed by atoms with E-state index in [0.29, 0.717) is 12.3 Å². The molecule has 7 nitrogen and oxygen atoms in total. The molecule has 7 heteroatoms. The standard InChI is InChI=1S/C14H22N4O3/c15-14(17-20)13-9-11(1-4-16-13)10-18-5-2-12(3-6-18)21-8-7-19/h1,4,9,12,19-20H,2-3,5-8,10H2,(H2,15,17). The fourth-order valence-electron chi connectivity index (χ4n) is 2.48. The van der Waals surface area contributed by atoms with Gasteiger partial charge >= 0.3 is 0 Å². The number of pyridine rings is 1. The van der Waals surface area contributed by atoms with Gasteiger partial charge in [0, 0.05) is 25.8 Å². The highest BCUT2D eigenvalue weighted by atomic mass is 16.5. The van der Waals surface area contributed by atoms with Crippen LogP contribution in [0, 0.1) is 0 Å². The van der Waals surface area contributed by atoms with Crippen molar-refractivity contribution < 1.29 is 15.1 Å². The van der Waals surface area contributed by atoms with E-state index in [9.17, 15) is 0 Å². The molecule has 0 spiro atoms. The summed E-state index contributed by atoms with van der Waals surface area (Å²) in [5, 5.41) is 20.4. The van der Waals surface area contributed by atoms with Crippen molar-refractivity contribution in [2.24, 2.45) is 10.9 Å². The zero-order valence-electron chi connectivity index (χ0n) is 12.0. The average Bonchev–Trinajstić information content (AvgIpc) is 2.53. The van der Waals surface area contributed by atoms with Gasteiger partial charge in [0.2, 0.25) is 0 Å². The van der Waals surface area contributed by atoms with E-state index in [4.69, 9.17) is 20.8 Å². The number of oxime groups is 1. The summed E-state index contributed by atoms with van der Waals surface area (Å²) < 4.78 is 5.55. The van der Waals surface area contributed by atoms with Gasteiger partial charge in [-0.25, -0.2) is 0 Å². The van der Waals surface area contributed by atoms with E-state index in [0.717, 1.165) is 38.0 Å². The van der Waals surface area contributed by atoms with Crippen molar-refractivity contribution in [3.63, 3.8) is 0 Å². The molecular weight excluding hydrogens is 272 g/mol. The second-order valence-corrected chi connectivity index (χ2v) is 5.10. The van der Waals surface area contributed by atoms with E-state index in [1.54, 1.807) is 6.20 Å². The summed E-state index contributed by atoms with van der Waals surface area (Å²) >= 11 is 0. The van der Waals surface area contributed by atoms with Gasteiger partial charge in [-0.3, -0.25) is 9.88 Å². The van der Waals surface area contributed by atoms with Crippen LogP contribution in [-0.4, -0.2) is 58.4 Å². The Hall–Kier alpha value is -1.70. The first-order valence-corrected chi connectivity index (χ1v) is 7.10. The van der Waals surface area contributed by atoms with Crippen LogP contribution in [0.3, 0.4) is 0 Å². The molecule has 1 aromatic rings. The third-order valence-corrected chi connectivity index (χ3v) is 3.58. The van der Waals surface area contributed by atoms with Gasteiger partial charge in [-0.2, -0.15) is 0 Å². The molecule has 2 heterocycles. The summed E-state index contributed by atoms with van der Waals surface area (Å²) in [5.74, 6) is 0.0213. The maximum Gasteiger partial charge on any atom is 0.188 e. The second-order valence-electron chi connectivity index (χ2n) is 5.10. The minimum absolute atomic E-state index is 0.0213. The monoisotopic (exact) mass is 294 g/mol. The van der Waals surface area contributed by atoms with Gasteiger partial charge in [0.05, 0.1) is 19.3 Å². The van der Waals surface area contributed by atoms with Crippen LogP contribution in [-0.2, 0) is 11.3 Å². The lowest BCUT2D eigenvalue weighted by Gasteiger charge is -2.31. The number of nitrogens with two attached hydrogens (primary N) is 1. The summed E-state index contributed by atoms with van der Waals surface area (Å²) in [6, 6.07) is 3.77. The maximum atomic E-state index is 8.76. The van der Waals surface area contributed by atoms with Gasteiger partial charge in [0.25, 0.3) is 0 Å². The molecule has 0 saturated carbocycles. The van der Waals surface area contributed by atoms with Crippen LogP contribution < -0.4 is 5.73 Å². The Morgan fingerprint density at radius 2 is 2.24 bits per heavy atom. The predicted octanol–water partition coefficient (Wildman–Crippen LogP) is 0.149. The van der Waals surface area contributed by atoms with E-state index in [2.05, 4.69) is 15.0 Å². The van der Waals surface area contributed by atoms with E-state index in [1.807, 2.05) is 12.1 Å². The van der Waals surface area contributed by atoms with Crippen molar-refractivity contribution >= 4 is 5.84 Å². The SMILES string of the molecule is N/C(=N/O)c1cc(CN2CCC(OCCO)CC2)ccn1. The highest BCUT2D eigenvalue weighted by molar-refractivity contribution is 5.95. The summed E-state index contributed by atoms with van der Waals surface area (Å²) in [6.07, 6.45) is 3.86. The minimum atomic E-state index is 0.0213. The van der Waals surface area contributed by atoms with Gasteiger partial charge in [-0.15, -0.1) is 0 Å². The van der Waals surface area contributed by atoms with Crippen LogP contribution in [0.5, 0.6) is 0 Å². The molecule has 0 bridgehead atoms. The quantitative estimate of drug-likeness (QED) is 0.298. The van der Waals surface area contributed by atoms with Crippen LogP contribution in [0.4, 0.5) is 0 Å². The molecule has 1 aromatic heterocycles. The van der Waals surface area contributed by atoms with Crippen molar-refractivity contribution in [3.8, 4) is 0 Å². The van der Waals surface area contributed by atoms with Gasteiger partial charge in [0.15, 0.2) is 5.84 Å². The molecule has 1 aliphatic rings. The number of aliphatic hydroxyl groups is 1. The van der Waals surface area contributed by atoms with Gasteiger partial charge in [0.1, 0.15) is 5.69 Å². The van der Waals surface area contributed by atoms with Crippen LogP contribution in [0.1, 0.15) is 24.1 Å². The van der Waals surface area contributed by atoms with Crippen LogP contribution in [0.15, 0.2) is 23.5 Å². The number of ether oxygens (including phenoxy) is 1. The lowest BCUT2D eigenvalue weighted by molar-refractivity contribution is -0.00901. The van der Waals surface area contributed by atoms with E-state index in [1.165, 1.54) is 0 Å². The van der Waals surface area contributed by atoms with Crippen molar-refractivity contribution in [2.75, 3.05) is 26.3 Å². The molecule has 21 heavy (non-hydrogen) atoms. The number of hydrogen-bond acceptors (Lipinski definition) is 6. The summed E-state index contributed by atoms with van der Waals surface area (Å²) in [4.78, 5) is 6.41. The molecular formula is C14H22N4O3. The Bertz CT molecular complexity index is 473. The number of hydrogen-bond donors (Lipinski definition) is 3. The highest BCUT2D eigenvalue weighted by Gasteiger charge is 2.19. The summed E-state index contributed by atoms with van der Waals surface area (Å²) in [6.45, 7) is 3.21. The Balaban J connectivity index is 1.86. The second kappa shape index (κ2) is 7.92. The first-order valence-electron chi connectivity index (χ1n) is 7.10. The van der Waals surface area contributed by atoms with Crippen molar-refractivity contribution in [3.05, 3.63) is 29.6 Å². The van der Waals surface area contributed by atoms with E-state index < -0.39 is 0 Å². The number of likely N-dealkylation sites (tertiary alicyclic amines) is 1. The Morgan fingerprint density at radius 3 is 2.90 bits per heavy atom. The first kappa shape index (κ1) is 15.7. The molecule has 2 rings (SSSR count). The van der Waals surface area contributed by atoms with E-state index >= 15 is 0 Å². The molecule has 0 unspecified atom stereocenters. The van der Waals surface area contributed by atoms with Crippen molar-refractivity contribution in [1.29, 1.82) is 0 Å². The third-order valence-electron chi connectivity index (χ3n) is 3.58. The lowest BCUT2D eigenvalue weighted by Crippen LogP contribution is -2.37.